The first-order valence-corrected chi connectivity index (χ1v) is 7.64. The van der Waals surface area contributed by atoms with E-state index in [0.717, 1.165) is 53.7 Å². The predicted molar refractivity (Wildman–Crippen MR) is 86.7 cm³/mol. The lowest BCUT2D eigenvalue weighted by Crippen LogP contribution is -2.27. The molecule has 1 saturated heterocycles. The lowest BCUT2D eigenvalue weighted by atomic mass is 10.0. The Morgan fingerprint density at radius 3 is 2.59 bits per heavy atom. The third kappa shape index (κ3) is 2.26. The van der Waals surface area contributed by atoms with Crippen LogP contribution in [0.1, 0.15) is 23.2 Å². The molecule has 0 bridgehead atoms. The van der Waals surface area contributed by atoms with Gasteiger partial charge in [0.1, 0.15) is 5.65 Å². The van der Waals surface area contributed by atoms with Crippen LogP contribution in [0.15, 0.2) is 48.8 Å². The molecule has 22 heavy (non-hydrogen) atoms. The van der Waals surface area contributed by atoms with E-state index in [1.54, 1.807) is 0 Å². The summed E-state index contributed by atoms with van der Waals surface area (Å²) in [7, 11) is 0. The van der Waals surface area contributed by atoms with Gasteiger partial charge < -0.3 is 9.88 Å². The van der Waals surface area contributed by atoms with Crippen molar-refractivity contribution in [2.24, 2.45) is 0 Å². The van der Waals surface area contributed by atoms with Crippen molar-refractivity contribution in [2.45, 2.75) is 12.8 Å². The van der Waals surface area contributed by atoms with Crippen molar-refractivity contribution >= 4 is 16.9 Å². The first-order chi connectivity index (χ1) is 10.8. The average Bonchev–Trinajstić information content (AvgIpc) is 3.25. The van der Waals surface area contributed by atoms with Gasteiger partial charge in [-0.1, -0.05) is 12.1 Å². The molecule has 0 spiro atoms. The van der Waals surface area contributed by atoms with Gasteiger partial charge in [0.25, 0.3) is 5.91 Å². The van der Waals surface area contributed by atoms with Crippen LogP contribution in [0.2, 0.25) is 0 Å². The number of rotatable bonds is 2. The Kier molecular flexibility index (Phi) is 3.15. The van der Waals surface area contributed by atoms with Gasteiger partial charge in [-0.05, 0) is 42.7 Å². The third-order valence-corrected chi connectivity index (χ3v) is 4.26. The number of pyridine rings is 1. The van der Waals surface area contributed by atoms with Gasteiger partial charge in [-0.15, -0.1) is 0 Å². The van der Waals surface area contributed by atoms with Crippen molar-refractivity contribution in [3.05, 3.63) is 54.4 Å². The minimum atomic E-state index is 0.142. The van der Waals surface area contributed by atoms with Crippen LogP contribution in [0.25, 0.3) is 22.2 Å². The SMILES string of the molecule is O=C(c1ccc(-c2cnc3[nH]ccc3c2)cc1)N1CCCC1. The molecular formula is C18H17N3O. The fraction of sp³-hybridized carbons (Fsp3) is 0.222. The summed E-state index contributed by atoms with van der Waals surface area (Å²) in [5, 5.41) is 1.09. The highest BCUT2D eigenvalue weighted by molar-refractivity contribution is 5.95. The maximum atomic E-state index is 12.3. The second-order valence-electron chi connectivity index (χ2n) is 5.72. The van der Waals surface area contributed by atoms with Crippen molar-refractivity contribution < 1.29 is 4.79 Å². The van der Waals surface area contributed by atoms with Crippen LogP contribution >= 0.6 is 0 Å². The summed E-state index contributed by atoms with van der Waals surface area (Å²) in [5.41, 5.74) is 3.80. The first-order valence-electron chi connectivity index (χ1n) is 7.64. The fourth-order valence-electron chi connectivity index (χ4n) is 3.01. The van der Waals surface area contributed by atoms with Crippen LogP contribution in [0, 0.1) is 0 Å². The highest BCUT2D eigenvalue weighted by Crippen LogP contribution is 2.23. The molecule has 0 unspecified atom stereocenters. The van der Waals surface area contributed by atoms with Crippen LogP contribution in [0.3, 0.4) is 0 Å². The quantitative estimate of drug-likeness (QED) is 0.786. The first kappa shape index (κ1) is 13.1. The maximum Gasteiger partial charge on any atom is 0.253 e. The molecule has 3 aromatic rings. The van der Waals surface area contributed by atoms with Gasteiger partial charge in [0.2, 0.25) is 0 Å². The van der Waals surface area contributed by atoms with Crippen molar-refractivity contribution in [1.82, 2.24) is 14.9 Å². The maximum absolute atomic E-state index is 12.3. The Bertz CT molecular complexity index is 814. The summed E-state index contributed by atoms with van der Waals surface area (Å²) in [6.07, 6.45) is 5.98. The molecule has 4 rings (SSSR count). The molecule has 3 heterocycles. The van der Waals surface area contributed by atoms with Crippen LogP contribution in [-0.4, -0.2) is 33.9 Å². The molecule has 0 atom stereocenters. The summed E-state index contributed by atoms with van der Waals surface area (Å²) >= 11 is 0. The van der Waals surface area contributed by atoms with E-state index in [9.17, 15) is 4.79 Å². The van der Waals surface area contributed by atoms with Crippen molar-refractivity contribution in [2.75, 3.05) is 13.1 Å². The van der Waals surface area contributed by atoms with E-state index in [-0.39, 0.29) is 5.91 Å². The number of carbonyl (C=O) groups is 1. The molecule has 4 heteroatoms. The second-order valence-corrected chi connectivity index (χ2v) is 5.72. The summed E-state index contributed by atoms with van der Waals surface area (Å²) in [6, 6.07) is 11.9. The Morgan fingerprint density at radius 1 is 1.05 bits per heavy atom. The molecular weight excluding hydrogens is 274 g/mol. The van der Waals surface area contributed by atoms with E-state index in [0.29, 0.717) is 0 Å². The standard InChI is InChI=1S/C18H17N3O/c22-18(21-9-1-2-10-21)14-5-3-13(4-6-14)16-11-15-7-8-19-17(15)20-12-16/h3-8,11-12H,1-2,9-10H2,(H,19,20). The number of amides is 1. The third-order valence-electron chi connectivity index (χ3n) is 4.26. The molecule has 1 aromatic carbocycles. The average molecular weight is 291 g/mol. The van der Waals surface area contributed by atoms with Gasteiger partial charge in [-0.25, -0.2) is 4.98 Å². The van der Waals surface area contributed by atoms with E-state index in [2.05, 4.69) is 16.0 Å². The number of aromatic nitrogens is 2. The molecule has 4 nitrogen and oxygen atoms in total. The molecule has 110 valence electrons. The topological polar surface area (TPSA) is 49.0 Å². The van der Waals surface area contributed by atoms with Gasteiger partial charge >= 0.3 is 0 Å². The number of fused-ring (bicyclic) bond motifs is 1. The Labute approximate surface area is 128 Å². The molecule has 1 N–H and O–H groups in total. The number of hydrogen-bond acceptors (Lipinski definition) is 2. The normalized spacial score (nSPS) is 14.6. The number of H-pyrrole nitrogens is 1. The van der Waals surface area contributed by atoms with Crippen molar-refractivity contribution in [3.8, 4) is 11.1 Å². The van der Waals surface area contributed by atoms with E-state index < -0.39 is 0 Å². The smallest absolute Gasteiger partial charge is 0.253 e. The Balaban J connectivity index is 1.61. The van der Waals surface area contributed by atoms with E-state index in [1.165, 1.54) is 0 Å². The van der Waals surface area contributed by atoms with Gasteiger partial charge in [0.05, 0.1) is 0 Å². The van der Waals surface area contributed by atoms with E-state index >= 15 is 0 Å². The Morgan fingerprint density at radius 2 is 1.82 bits per heavy atom. The summed E-state index contributed by atoms with van der Waals surface area (Å²) in [6.45, 7) is 1.77. The molecule has 2 aromatic heterocycles. The zero-order valence-electron chi connectivity index (χ0n) is 12.2. The van der Waals surface area contributed by atoms with Crippen LogP contribution in [-0.2, 0) is 0 Å². The minimum Gasteiger partial charge on any atom is -0.346 e. The number of hydrogen-bond donors (Lipinski definition) is 1. The van der Waals surface area contributed by atoms with Gasteiger partial charge in [0, 0.05) is 42.0 Å². The monoisotopic (exact) mass is 291 g/mol. The van der Waals surface area contributed by atoms with Gasteiger partial charge in [-0.3, -0.25) is 4.79 Å². The number of nitrogens with zero attached hydrogens (tertiary/aromatic N) is 2. The molecule has 1 aliphatic rings. The molecule has 0 radical (unpaired) electrons. The summed E-state index contributed by atoms with van der Waals surface area (Å²) in [5.74, 6) is 0.142. The van der Waals surface area contributed by atoms with Crippen LogP contribution < -0.4 is 0 Å². The molecule has 1 amide bonds. The van der Waals surface area contributed by atoms with Gasteiger partial charge in [-0.2, -0.15) is 0 Å². The number of aromatic amines is 1. The summed E-state index contributed by atoms with van der Waals surface area (Å²) in [4.78, 5) is 21.8. The second kappa shape index (κ2) is 5.30. The Hall–Kier alpha value is -2.62. The number of carbonyl (C=O) groups excluding carboxylic acids is 1. The zero-order valence-corrected chi connectivity index (χ0v) is 12.2. The van der Waals surface area contributed by atoms with Gasteiger partial charge in [0.15, 0.2) is 0 Å². The van der Waals surface area contributed by atoms with E-state index in [4.69, 9.17) is 0 Å². The number of benzene rings is 1. The van der Waals surface area contributed by atoms with Crippen molar-refractivity contribution in [1.29, 1.82) is 0 Å². The molecule has 1 fully saturated rings. The fourth-order valence-corrected chi connectivity index (χ4v) is 3.01. The lowest BCUT2D eigenvalue weighted by Gasteiger charge is -2.15. The lowest BCUT2D eigenvalue weighted by molar-refractivity contribution is 0.0793. The van der Waals surface area contributed by atoms with Crippen LogP contribution in [0.5, 0.6) is 0 Å². The molecule has 0 saturated carbocycles. The number of nitrogens with one attached hydrogen (secondary N) is 1. The molecule has 1 aliphatic heterocycles. The van der Waals surface area contributed by atoms with E-state index in [1.807, 2.05) is 47.6 Å². The largest absolute Gasteiger partial charge is 0.346 e. The summed E-state index contributed by atoms with van der Waals surface area (Å²) < 4.78 is 0. The van der Waals surface area contributed by atoms with Crippen molar-refractivity contribution in [3.63, 3.8) is 0 Å². The number of likely N-dealkylation sites (tertiary alicyclic amines) is 1. The van der Waals surface area contributed by atoms with Crippen LogP contribution in [0.4, 0.5) is 0 Å². The zero-order chi connectivity index (χ0) is 14.9. The predicted octanol–water partition coefficient (Wildman–Crippen LogP) is 3.47. The molecule has 0 aliphatic carbocycles. The highest BCUT2D eigenvalue weighted by atomic mass is 16.2. The minimum absolute atomic E-state index is 0.142. The highest BCUT2D eigenvalue weighted by Gasteiger charge is 2.19.